The van der Waals surface area contributed by atoms with E-state index >= 15 is 0 Å². The molecule has 1 aliphatic heterocycles. The number of carbonyl (C=O) groups excluding carboxylic acids is 2. The number of aliphatic hydroxyl groups is 1. The van der Waals surface area contributed by atoms with Crippen molar-refractivity contribution in [3.63, 3.8) is 0 Å². The Bertz CT molecular complexity index is 1090. The van der Waals surface area contributed by atoms with Crippen LogP contribution in [0.1, 0.15) is 26.3 Å². The summed E-state index contributed by atoms with van der Waals surface area (Å²) in [5.41, 5.74) is 1.67. The number of alkyl halides is 1. The average Bonchev–Trinajstić information content (AvgIpc) is 3.19. The fraction of sp³-hybridized carbons (Fsp3) is 0.259. The second kappa shape index (κ2) is 12.3. The number of carbonyl (C=O) groups is 2. The minimum atomic E-state index is -1.14. The highest BCUT2D eigenvalue weighted by atomic mass is 127. The molecule has 1 N–H and O–H groups in total. The Morgan fingerprint density at radius 1 is 0.857 bits per heavy atom. The van der Waals surface area contributed by atoms with Crippen molar-refractivity contribution in [3.8, 4) is 0 Å². The van der Waals surface area contributed by atoms with Gasteiger partial charge in [0.25, 0.3) is 0 Å². The molecular weight excluding hydrogens is 563 g/mol. The third-order valence-electron chi connectivity index (χ3n) is 5.51. The number of hydrogen-bond donors (Lipinski definition) is 1. The van der Waals surface area contributed by atoms with Crippen LogP contribution in [0.4, 0.5) is 0 Å². The van der Waals surface area contributed by atoms with Crippen LogP contribution in [0.3, 0.4) is 0 Å². The molecule has 0 aromatic heterocycles. The highest BCUT2D eigenvalue weighted by Gasteiger charge is 2.48. The van der Waals surface area contributed by atoms with Crippen LogP contribution in [-0.4, -0.2) is 52.2 Å². The molecule has 3 aromatic carbocycles. The van der Waals surface area contributed by atoms with Gasteiger partial charge in [-0.1, -0.05) is 89.3 Å². The lowest BCUT2D eigenvalue weighted by Gasteiger charge is -2.28. The van der Waals surface area contributed by atoms with Crippen LogP contribution in [-0.2, 0) is 25.6 Å². The van der Waals surface area contributed by atoms with Gasteiger partial charge in [0.2, 0.25) is 0 Å². The van der Waals surface area contributed by atoms with Gasteiger partial charge in [0.05, 0.1) is 21.7 Å². The summed E-state index contributed by atoms with van der Waals surface area (Å²) in [6.45, 7) is 0.0129. The van der Waals surface area contributed by atoms with Crippen LogP contribution in [0, 0.1) is 0 Å². The number of aliphatic hydroxyl groups excluding tert-OH is 1. The molecule has 0 saturated carbocycles. The number of halogens is 1. The fourth-order valence-corrected chi connectivity index (χ4v) is 4.49. The molecule has 0 aliphatic carbocycles. The predicted octanol–water partition coefficient (Wildman–Crippen LogP) is 4.18. The Morgan fingerprint density at radius 3 is 2.00 bits per heavy atom. The monoisotopic (exact) mass is 588 g/mol. The molecule has 8 heteroatoms. The van der Waals surface area contributed by atoms with E-state index in [0.29, 0.717) is 11.1 Å². The quantitative estimate of drug-likeness (QED) is 0.228. The summed E-state index contributed by atoms with van der Waals surface area (Å²) in [6.07, 6.45) is -3.61. The molecule has 1 heterocycles. The summed E-state index contributed by atoms with van der Waals surface area (Å²) >= 11 is 2.06. The zero-order valence-electron chi connectivity index (χ0n) is 18.7. The Labute approximate surface area is 217 Å². The van der Waals surface area contributed by atoms with Gasteiger partial charge in [-0.3, -0.25) is 0 Å². The zero-order chi connectivity index (χ0) is 24.6. The minimum absolute atomic E-state index is 0.266. The van der Waals surface area contributed by atoms with E-state index in [1.54, 1.807) is 60.7 Å². The van der Waals surface area contributed by atoms with E-state index in [2.05, 4.69) is 22.6 Å². The smallest absolute Gasteiger partial charge is 0.338 e. The first kappa shape index (κ1) is 25.3. The van der Waals surface area contributed by atoms with E-state index in [9.17, 15) is 14.7 Å². The highest BCUT2D eigenvalue weighted by Crippen LogP contribution is 2.33. The van der Waals surface area contributed by atoms with E-state index < -0.39 is 40.5 Å². The van der Waals surface area contributed by atoms with Crippen LogP contribution in [0.2, 0.25) is 0 Å². The second-order valence-corrected chi connectivity index (χ2v) is 9.41. The van der Waals surface area contributed by atoms with Gasteiger partial charge in [-0.25, -0.2) is 9.59 Å². The lowest BCUT2D eigenvalue weighted by Crippen LogP contribution is -2.44. The number of esters is 2. The maximum absolute atomic E-state index is 12.9. The maximum Gasteiger partial charge on any atom is 0.338 e. The van der Waals surface area contributed by atoms with Crippen molar-refractivity contribution in [2.75, 3.05) is 6.61 Å². The number of benzene rings is 3. The molecule has 182 valence electrons. The first-order valence-electron chi connectivity index (χ1n) is 11.1. The van der Waals surface area contributed by atoms with Gasteiger partial charge in [-0.15, -0.1) is 0 Å². The molecule has 0 radical (unpaired) electrons. The molecule has 0 spiro atoms. The summed E-state index contributed by atoms with van der Waals surface area (Å²) in [7, 11) is 0. The molecule has 0 amide bonds. The molecule has 0 bridgehead atoms. The SMILES string of the molecule is O=C(OC[C@@H](OC(=O)c1ccccc1)[C@H]1O[C@@H](O)[C@@H](I)[C@H]1OCc1ccccc1)c1ccccc1. The Hall–Kier alpha value is -2.79. The highest BCUT2D eigenvalue weighted by molar-refractivity contribution is 14.1. The van der Waals surface area contributed by atoms with Crippen LogP contribution < -0.4 is 0 Å². The van der Waals surface area contributed by atoms with Crippen molar-refractivity contribution in [1.29, 1.82) is 0 Å². The van der Waals surface area contributed by atoms with Crippen LogP contribution >= 0.6 is 22.6 Å². The molecule has 7 nitrogen and oxygen atoms in total. The standard InChI is InChI=1S/C27H25IO7/c28-22-24(32-16-18-10-4-1-5-11-18)23(35-27(22)31)21(34-26(30)20-14-8-3-9-15-20)17-33-25(29)19-12-6-2-7-13-19/h1-15,21-24,27,31H,16-17H2/t21-,22+,23-,24-,27-/m1/s1. The molecule has 35 heavy (non-hydrogen) atoms. The van der Waals surface area contributed by atoms with Crippen molar-refractivity contribution in [2.24, 2.45) is 0 Å². The van der Waals surface area contributed by atoms with E-state index in [-0.39, 0.29) is 13.2 Å². The summed E-state index contributed by atoms with van der Waals surface area (Å²) in [6, 6.07) is 26.6. The molecule has 5 atom stereocenters. The van der Waals surface area contributed by atoms with Gasteiger partial charge in [-0.05, 0) is 29.8 Å². The number of ether oxygens (including phenoxy) is 4. The summed E-state index contributed by atoms with van der Waals surface area (Å²) in [4.78, 5) is 25.4. The summed E-state index contributed by atoms with van der Waals surface area (Å²) in [5, 5.41) is 10.4. The number of hydrogen-bond acceptors (Lipinski definition) is 7. The van der Waals surface area contributed by atoms with Crippen molar-refractivity contribution >= 4 is 34.5 Å². The lowest BCUT2D eigenvalue weighted by molar-refractivity contribution is -0.145. The van der Waals surface area contributed by atoms with Crippen LogP contribution in [0.5, 0.6) is 0 Å². The fourth-order valence-electron chi connectivity index (χ4n) is 3.70. The van der Waals surface area contributed by atoms with Gasteiger partial charge in [0.15, 0.2) is 12.4 Å². The third kappa shape index (κ3) is 6.66. The molecule has 1 saturated heterocycles. The molecule has 4 rings (SSSR count). The third-order valence-corrected chi connectivity index (χ3v) is 6.84. The first-order valence-corrected chi connectivity index (χ1v) is 12.4. The van der Waals surface area contributed by atoms with Gasteiger partial charge in [0, 0.05) is 0 Å². The Balaban J connectivity index is 1.52. The summed E-state index contributed by atoms with van der Waals surface area (Å²) in [5.74, 6) is -1.15. The first-order chi connectivity index (χ1) is 17.0. The molecular formula is C27H25IO7. The van der Waals surface area contributed by atoms with E-state index in [4.69, 9.17) is 18.9 Å². The van der Waals surface area contributed by atoms with Gasteiger partial charge < -0.3 is 24.1 Å². The Kier molecular flexibility index (Phi) is 8.86. The maximum atomic E-state index is 12.9. The van der Waals surface area contributed by atoms with Gasteiger partial charge in [0.1, 0.15) is 18.8 Å². The molecule has 3 aromatic rings. The van der Waals surface area contributed by atoms with Crippen molar-refractivity contribution in [3.05, 3.63) is 108 Å². The van der Waals surface area contributed by atoms with Gasteiger partial charge >= 0.3 is 11.9 Å². The Morgan fingerprint density at radius 2 is 1.40 bits per heavy atom. The van der Waals surface area contributed by atoms with Crippen molar-refractivity contribution in [1.82, 2.24) is 0 Å². The molecule has 1 fully saturated rings. The average molecular weight is 588 g/mol. The lowest BCUT2D eigenvalue weighted by atomic mass is 10.1. The normalized spacial score (nSPS) is 22.3. The minimum Gasteiger partial charge on any atom is -0.458 e. The van der Waals surface area contributed by atoms with Crippen molar-refractivity contribution in [2.45, 2.75) is 35.1 Å². The zero-order valence-corrected chi connectivity index (χ0v) is 20.9. The second-order valence-electron chi connectivity index (χ2n) is 7.97. The summed E-state index contributed by atoms with van der Waals surface area (Å²) < 4.78 is 22.7. The molecule has 1 aliphatic rings. The predicted molar refractivity (Wildman–Crippen MR) is 136 cm³/mol. The van der Waals surface area contributed by atoms with Crippen molar-refractivity contribution < 1.29 is 33.6 Å². The largest absolute Gasteiger partial charge is 0.458 e. The van der Waals surface area contributed by atoms with Crippen LogP contribution in [0.15, 0.2) is 91.0 Å². The van der Waals surface area contributed by atoms with Crippen LogP contribution in [0.25, 0.3) is 0 Å². The van der Waals surface area contributed by atoms with E-state index in [0.717, 1.165) is 5.56 Å². The number of rotatable bonds is 9. The molecule has 0 unspecified atom stereocenters. The van der Waals surface area contributed by atoms with Gasteiger partial charge in [-0.2, -0.15) is 0 Å². The van der Waals surface area contributed by atoms with E-state index in [1.807, 2.05) is 30.3 Å². The van der Waals surface area contributed by atoms with E-state index in [1.165, 1.54) is 0 Å². The topological polar surface area (TPSA) is 91.3 Å².